The van der Waals surface area contributed by atoms with Gasteiger partial charge in [-0.25, -0.2) is 0 Å². The van der Waals surface area contributed by atoms with Crippen LogP contribution < -0.4 is 10.6 Å². The van der Waals surface area contributed by atoms with Crippen LogP contribution in [0, 0.1) is 0 Å². The molecule has 0 aromatic heterocycles. The van der Waals surface area contributed by atoms with Gasteiger partial charge in [-0.15, -0.1) is 0 Å². The van der Waals surface area contributed by atoms with Gasteiger partial charge in [-0.3, -0.25) is 10.1 Å². The zero-order valence-electron chi connectivity index (χ0n) is 7.90. The van der Waals surface area contributed by atoms with E-state index in [4.69, 9.17) is 14.9 Å². The van der Waals surface area contributed by atoms with Gasteiger partial charge in [0.2, 0.25) is 5.91 Å². The van der Waals surface area contributed by atoms with Gasteiger partial charge >= 0.3 is 0 Å². The van der Waals surface area contributed by atoms with Crippen molar-refractivity contribution in [1.29, 1.82) is 0 Å². The van der Waals surface area contributed by atoms with Crippen molar-refractivity contribution in [1.82, 2.24) is 10.6 Å². The molecule has 0 unspecified atom stereocenters. The van der Waals surface area contributed by atoms with Crippen LogP contribution in [0.3, 0.4) is 0 Å². The van der Waals surface area contributed by atoms with E-state index in [1.165, 1.54) is 12.3 Å². The fraction of sp³-hybridized carbons (Fsp3) is 0.625. The van der Waals surface area contributed by atoms with E-state index in [2.05, 4.69) is 10.6 Å². The summed E-state index contributed by atoms with van der Waals surface area (Å²) in [4.78, 5) is 10.8. The van der Waals surface area contributed by atoms with E-state index in [1.54, 1.807) is 0 Å². The molecule has 0 radical (unpaired) electrons. The van der Waals surface area contributed by atoms with Gasteiger partial charge in [-0.05, 0) is 0 Å². The second-order valence-corrected chi connectivity index (χ2v) is 2.35. The molecule has 0 fully saturated rings. The van der Waals surface area contributed by atoms with Crippen molar-refractivity contribution < 1.29 is 19.7 Å². The van der Waals surface area contributed by atoms with Gasteiger partial charge in [0.1, 0.15) is 6.73 Å². The van der Waals surface area contributed by atoms with Gasteiger partial charge in [0.15, 0.2) is 0 Å². The highest BCUT2D eigenvalue weighted by atomic mass is 16.5. The van der Waals surface area contributed by atoms with Crippen molar-refractivity contribution in [2.75, 3.05) is 33.0 Å². The lowest BCUT2D eigenvalue weighted by molar-refractivity contribution is -0.116. The van der Waals surface area contributed by atoms with Crippen molar-refractivity contribution in [3.05, 3.63) is 12.3 Å². The maximum Gasteiger partial charge on any atom is 0.247 e. The van der Waals surface area contributed by atoms with Crippen LogP contribution in [-0.4, -0.2) is 49.2 Å². The molecular formula is C8H16N2O4. The normalized spacial score (nSPS) is 10.4. The van der Waals surface area contributed by atoms with E-state index in [0.717, 1.165) is 0 Å². The Bertz CT molecular complexity index is 173. The maximum absolute atomic E-state index is 10.8. The molecule has 0 aliphatic rings. The Kier molecular flexibility index (Phi) is 9.18. The lowest BCUT2D eigenvalue weighted by Crippen LogP contribution is -2.24. The first-order valence-electron chi connectivity index (χ1n) is 4.29. The van der Waals surface area contributed by atoms with Gasteiger partial charge in [0, 0.05) is 19.2 Å². The average Bonchev–Trinajstić information content (AvgIpc) is 2.20. The molecule has 1 amide bonds. The standard InChI is InChI=1S/C8H16N2O4/c11-4-2-9-7-14-6-1-8(13)10-3-5-12/h1,6,9,11-12H,2-5,7H2,(H,10,13)/b6-1+. The van der Waals surface area contributed by atoms with Crippen LogP contribution in [0.5, 0.6) is 0 Å². The summed E-state index contributed by atoms with van der Waals surface area (Å²) in [6, 6.07) is 0. The average molecular weight is 204 g/mol. The highest BCUT2D eigenvalue weighted by Gasteiger charge is 1.91. The minimum Gasteiger partial charge on any atom is -0.486 e. The summed E-state index contributed by atoms with van der Waals surface area (Å²) in [6.45, 7) is 0.878. The van der Waals surface area contributed by atoms with E-state index >= 15 is 0 Å². The minimum atomic E-state index is -0.318. The first-order valence-corrected chi connectivity index (χ1v) is 4.29. The summed E-state index contributed by atoms with van der Waals surface area (Å²) in [7, 11) is 0. The Morgan fingerprint density at radius 2 is 2.00 bits per heavy atom. The number of hydrogen-bond donors (Lipinski definition) is 4. The van der Waals surface area contributed by atoms with Crippen molar-refractivity contribution in [3.8, 4) is 0 Å². The van der Waals surface area contributed by atoms with Crippen molar-refractivity contribution in [2.45, 2.75) is 0 Å². The molecule has 0 heterocycles. The largest absolute Gasteiger partial charge is 0.486 e. The summed E-state index contributed by atoms with van der Waals surface area (Å²) in [5, 5.41) is 21.9. The maximum atomic E-state index is 10.8. The molecule has 0 aliphatic heterocycles. The summed E-state index contributed by atoms with van der Waals surface area (Å²) >= 11 is 0. The lowest BCUT2D eigenvalue weighted by atomic mass is 10.5. The Morgan fingerprint density at radius 1 is 1.29 bits per heavy atom. The van der Waals surface area contributed by atoms with E-state index in [-0.39, 0.29) is 32.4 Å². The van der Waals surface area contributed by atoms with Crippen molar-refractivity contribution in [2.24, 2.45) is 0 Å². The fourth-order valence-corrected chi connectivity index (χ4v) is 0.606. The molecule has 6 heteroatoms. The number of aliphatic hydroxyl groups is 2. The molecule has 82 valence electrons. The molecule has 6 nitrogen and oxygen atoms in total. The van der Waals surface area contributed by atoms with E-state index in [1.807, 2.05) is 0 Å². The van der Waals surface area contributed by atoms with Crippen LogP contribution in [0.25, 0.3) is 0 Å². The third-order valence-corrected chi connectivity index (χ3v) is 1.20. The Labute approximate surface area is 82.6 Å². The molecule has 0 atom stereocenters. The van der Waals surface area contributed by atoms with E-state index in [9.17, 15) is 4.79 Å². The van der Waals surface area contributed by atoms with Gasteiger partial charge in [0.25, 0.3) is 0 Å². The third-order valence-electron chi connectivity index (χ3n) is 1.20. The summed E-state index contributed by atoms with van der Waals surface area (Å²) in [6.07, 6.45) is 2.47. The lowest BCUT2D eigenvalue weighted by Gasteiger charge is -2.01. The van der Waals surface area contributed by atoms with Gasteiger partial charge in [0.05, 0.1) is 19.5 Å². The number of carbonyl (C=O) groups excluding carboxylic acids is 1. The van der Waals surface area contributed by atoms with Crippen molar-refractivity contribution >= 4 is 5.91 Å². The van der Waals surface area contributed by atoms with Crippen LogP contribution in [-0.2, 0) is 9.53 Å². The summed E-state index contributed by atoms with van der Waals surface area (Å²) in [5.41, 5.74) is 0. The molecular weight excluding hydrogens is 188 g/mol. The summed E-state index contributed by atoms with van der Waals surface area (Å²) in [5.74, 6) is -0.318. The molecule has 0 aliphatic carbocycles. The van der Waals surface area contributed by atoms with Crippen molar-refractivity contribution in [3.63, 3.8) is 0 Å². The van der Waals surface area contributed by atoms with Gasteiger partial charge in [-0.2, -0.15) is 0 Å². The Balaban J connectivity index is 3.28. The molecule has 0 aromatic rings. The quantitative estimate of drug-likeness (QED) is 0.161. The molecule has 0 saturated heterocycles. The van der Waals surface area contributed by atoms with E-state index in [0.29, 0.717) is 6.54 Å². The zero-order chi connectivity index (χ0) is 10.6. The molecule has 4 N–H and O–H groups in total. The molecule has 0 aromatic carbocycles. The van der Waals surface area contributed by atoms with Crippen LogP contribution in [0.15, 0.2) is 12.3 Å². The van der Waals surface area contributed by atoms with Crippen LogP contribution in [0.1, 0.15) is 0 Å². The van der Waals surface area contributed by atoms with Gasteiger partial charge in [-0.1, -0.05) is 0 Å². The number of nitrogens with one attached hydrogen (secondary N) is 2. The van der Waals surface area contributed by atoms with Crippen LogP contribution >= 0.6 is 0 Å². The Hall–Kier alpha value is -1.11. The van der Waals surface area contributed by atoms with Gasteiger partial charge < -0.3 is 20.3 Å². The highest BCUT2D eigenvalue weighted by molar-refractivity contribution is 5.87. The second-order valence-electron chi connectivity index (χ2n) is 2.35. The first-order chi connectivity index (χ1) is 6.81. The Morgan fingerprint density at radius 3 is 2.64 bits per heavy atom. The SMILES string of the molecule is O=C(/C=C/OCNCCO)NCCO. The smallest absolute Gasteiger partial charge is 0.247 e. The molecule has 0 bridgehead atoms. The van der Waals surface area contributed by atoms with E-state index < -0.39 is 0 Å². The molecule has 14 heavy (non-hydrogen) atoms. The summed E-state index contributed by atoms with van der Waals surface area (Å²) < 4.78 is 4.86. The number of carbonyl (C=O) groups is 1. The van der Waals surface area contributed by atoms with Crippen LogP contribution in [0.2, 0.25) is 0 Å². The topological polar surface area (TPSA) is 90.8 Å². The highest BCUT2D eigenvalue weighted by Crippen LogP contribution is 1.76. The second kappa shape index (κ2) is 9.97. The zero-order valence-corrected chi connectivity index (χ0v) is 7.90. The number of aliphatic hydroxyl groups excluding tert-OH is 2. The number of hydrogen-bond acceptors (Lipinski definition) is 5. The molecule has 0 spiro atoms. The number of rotatable bonds is 8. The molecule has 0 saturated carbocycles. The number of amides is 1. The fourth-order valence-electron chi connectivity index (χ4n) is 0.606. The molecule has 0 rings (SSSR count). The predicted molar refractivity (Wildman–Crippen MR) is 50.3 cm³/mol. The van der Waals surface area contributed by atoms with Crippen LogP contribution in [0.4, 0.5) is 0 Å². The monoisotopic (exact) mass is 204 g/mol. The minimum absolute atomic E-state index is 0.0457. The number of ether oxygens (including phenoxy) is 1. The first kappa shape index (κ1) is 12.9. The third kappa shape index (κ3) is 8.98. The predicted octanol–water partition coefficient (Wildman–Crippen LogP) is -1.84.